The van der Waals surface area contributed by atoms with Crippen LogP contribution < -0.4 is 11.4 Å². The summed E-state index contributed by atoms with van der Waals surface area (Å²) in [6.07, 6.45) is 1.69. The third kappa shape index (κ3) is 1.69. The molecule has 2 aromatic heterocycles. The van der Waals surface area contributed by atoms with Gasteiger partial charge in [-0.2, -0.15) is 9.97 Å². The SMILES string of the molecule is Nc1nc(-c2cccc3cccnc23)[nH]c(=O)n1. The maximum absolute atomic E-state index is 11.3. The number of pyridine rings is 1. The molecule has 3 rings (SSSR count). The van der Waals surface area contributed by atoms with Crippen LogP contribution in [-0.4, -0.2) is 19.9 Å². The first kappa shape index (κ1) is 10.4. The van der Waals surface area contributed by atoms with E-state index in [0.717, 1.165) is 16.5 Å². The van der Waals surface area contributed by atoms with E-state index in [-0.39, 0.29) is 5.95 Å². The lowest BCUT2D eigenvalue weighted by Crippen LogP contribution is -2.15. The number of benzene rings is 1. The minimum absolute atomic E-state index is 0.0540. The average molecular weight is 239 g/mol. The summed E-state index contributed by atoms with van der Waals surface area (Å²) in [7, 11) is 0. The molecule has 0 unspecified atom stereocenters. The molecule has 0 atom stereocenters. The second kappa shape index (κ2) is 3.92. The molecule has 6 nitrogen and oxygen atoms in total. The van der Waals surface area contributed by atoms with Crippen LogP contribution in [0.1, 0.15) is 0 Å². The quantitative estimate of drug-likeness (QED) is 0.659. The molecule has 0 saturated heterocycles. The highest BCUT2D eigenvalue weighted by molar-refractivity contribution is 5.91. The number of nitrogens with one attached hydrogen (secondary N) is 1. The van der Waals surface area contributed by atoms with Gasteiger partial charge >= 0.3 is 5.69 Å². The number of anilines is 1. The molecule has 0 bridgehead atoms. The van der Waals surface area contributed by atoms with E-state index in [1.807, 2.05) is 30.3 Å². The topological polar surface area (TPSA) is 97.5 Å². The number of aromatic nitrogens is 4. The number of nitrogen functional groups attached to an aromatic ring is 1. The zero-order valence-corrected chi connectivity index (χ0v) is 9.29. The van der Waals surface area contributed by atoms with Crippen molar-refractivity contribution >= 4 is 16.9 Å². The summed E-state index contributed by atoms with van der Waals surface area (Å²) in [5, 5.41) is 0.966. The van der Waals surface area contributed by atoms with Gasteiger partial charge in [0.2, 0.25) is 5.95 Å². The number of H-pyrrole nitrogens is 1. The van der Waals surface area contributed by atoms with E-state index >= 15 is 0 Å². The third-order valence-electron chi connectivity index (χ3n) is 2.56. The van der Waals surface area contributed by atoms with Gasteiger partial charge in [-0.1, -0.05) is 18.2 Å². The van der Waals surface area contributed by atoms with Crippen LogP contribution in [-0.2, 0) is 0 Å². The van der Waals surface area contributed by atoms with Gasteiger partial charge in [0.05, 0.1) is 5.52 Å². The molecule has 0 amide bonds. The number of fused-ring (bicyclic) bond motifs is 1. The zero-order chi connectivity index (χ0) is 12.5. The van der Waals surface area contributed by atoms with E-state index in [4.69, 9.17) is 5.73 Å². The standard InChI is InChI=1S/C12H9N5O/c13-11-15-10(16-12(18)17-11)8-5-1-3-7-4-2-6-14-9(7)8/h1-6H,(H3,13,15,16,17,18). The summed E-state index contributed by atoms with van der Waals surface area (Å²) >= 11 is 0. The van der Waals surface area contributed by atoms with Crippen LogP contribution in [0.3, 0.4) is 0 Å². The second-order valence-electron chi connectivity index (χ2n) is 3.74. The molecule has 6 heteroatoms. The van der Waals surface area contributed by atoms with Crippen LogP contribution in [0.5, 0.6) is 0 Å². The van der Waals surface area contributed by atoms with Gasteiger partial charge in [0, 0.05) is 17.1 Å². The first-order chi connectivity index (χ1) is 8.74. The molecule has 0 aliphatic rings. The fourth-order valence-electron chi connectivity index (χ4n) is 1.82. The van der Waals surface area contributed by atoms with Gasteiger partial charge in [0.1, 0.15) is 5.82 Å². The first-order valence-electron chi connectivity index (χ1n) is 5.32. The summed E-state index contributed by atoms with van der Waals surface area (Å²) in [4.78, 5) is 25.7. The average Bonchev–Trinajstić information content (AvgIpc) is 2.37. The van der Waals surface area contributed by atoms with E-state index in [2.05, 4.69) is 19.9 Å². The van der Waals surface area contributed by atoms with Crippen molar-refractivity contribution in [3.63, 3.8) is 0 Å². The van der Waals surface area contributed by atoms with Gasteiger partial charge in [-0.25, -0.2) is 4.79 Å². The van der Waals surface area contributed by atoms with Crippen LogP contribution in [0.25, 0.3) is 22.3 Å². The normalized spacial score (nSPS) is 10.7. The number of nitrogens with two attached hydrogens (primary N) is 1. The maximum atomic E-state index is 11.3. The minimum Gasteiger partial charge on any atom is -0.368 e. The predicted molar refractivity (Wildman–Crippen MR) is 67.8 cm³/mol. The molecule has 88 valence electrons. The Morgan fingerprint density at radius 1 is 1.11 bits per heavy atom. The molecule has 0 saturated carbocycles. The molecule has 0 spiro atoms. The Balaban J connectivity index is 2.34. The Hall–Kier alpha value is -2.76. The van der Waals surface area contributed by atoms with E-state index in [9.17, 15) is 4.79 Å². The van der Waals surface area contributed by atoms with Crippen LogP contribution in [0, 0.1) is 0 Å². The van der Waals surface area contributed by atoms with Gasteiger partial charge in [0.15, 0.2) is 0 Å². The van der Waals surface area contributed by atoms with Crippen LogP contribution in [0.15, 0.2) is 41.3 Å². The highest BCUT2D eigenvalue weighted by Gasteiger charge is 2.08. The van der Waals surface area contributed by atoms with Gasteiger partial charge in [-0.05, 0) is 12.1 Å². The Morgan fingerprint density at radius 3 is 2.78 bits per heavy atom. The minimum atomic E-state index is -0.523. The van der Waals surface area contributed by atoms with Crippen molar-refractivity contribution in [3.8, 4) is 11.4 Å². The van der Waals surface area contributed by atoms with Crippen molar-refractivity contribution in [1.82, 2.24) is 19.9 Å². The van der Waals surface area contributed by atoms with E-state index < -0.39 is 5.69 Å². The lowest BCUT2D eigenvalue weighted by molar-refractivity contribution is 1.01. The molecular formula is C12H9N5O. The van der Waals surface area contributed by atoms with Gasteiger partial charge in [-0.15, -0.1) is 0 Å². The van der Waals surface area contributed by atoms with E-state index in [0.29, 0.717) is 5.82 Å². The fraction of sp³-hybridized carbons (Fsp3) is 0. The number of nitrogens with zero attached hydrogens (tertiary/aromatic N) is 3. The summed E-state index contributed by atoms with van der Waals surface area (Å²) in [6.45, 7) is 0. The molecule has 1 aromatic carbocycles. The van der Waals surface area contributed by atoms with E-state index in [1.54, 1.807) is 6.20 Å². The Morgan fingerprint density at radius 2 is 1.94 bits per heavy atom. The van der Waals surface area contributed by atoms with Crippen molar-refractivity contribution in [3.05, 3.63) is 47.0 Å². The highest BCUT2D eigenvalue weighted by atomic mass is 16.1. The van der Waals surface area contributed by atoms with Crippen molar-refractivity contribution < 1.29 is 0 Å². The summed E-state index contributed by atoms with van der Waals surface area (Å²) in [5.74, 6) is 0.318. The molecule has 3 N–H and O–H groups in total. The largest absolute Gasteiger partial charge is 0.368 e. The van der Waals surface area contributed by atoms with Crippen molar-refractivity contribution in [2.45, 2.75) is 0 Å². The smallest absolute Gasteiger partial charge is 0.349 e. The molecule has 18 heavy (non-hydrogen) atoms. The molecule has 2 heterocycles. The maximum Gasteiger partial charge on any atom is 0.349 e. The molecule has 0 aliphatic carbocycles. The number of para-hydroxylation sites is 1. The summed E-state index contributed by atoms with van der Waals surface area (Å²) in [5.41, 5.74) is 6.44. The van der Waals surface area contributed by atoms with Gasteiger partial charge < -0.3 is 5.73 Å². The van der Waals surface area contributed by atoms with Crippen molar-refractivity contribution in [2.24, 2.45) is 0 Å². The zero-order valence-electron chi connectivity index (χ0n) is 9.29. The summed E-state index contributed by atoms with van der Waals surface area (Å²) < 4.78 is 0. The van der Waals surface area contributed by atoms with Crippen LogP contribution in [0.4, 0.5) is 5.95 Å². The number of hydrogen-bond donors (Lipinski definition) is 2. The number of aromatic amines is 1. The predicted octanol–water partition coefficient (Wildman–Crippen LogP) is 0.962. The molecule has 0 fully saturated rings. The van der Waals surface area contributed by atoms with Gasteiger partial charge in [-0.3, -0.25) is 9.97 Å². The number of hydrogen-bond acceptors (Lipinski definition) is 5. The molecule has 0 radical (unpaired) electrons. The Labute approximate surface area is 102 Å². The molecule has 3 aromatic rings. The molecule has 0 aliphatic heterocycles. The van der Waals surface area contributed by atoms with Gasteiger partial charge in [0.25, 0.3) is 0 Å². The van der Waals surface area contributed by atoms with Crippen molar-refractivity contribution in [1.29, 1.82) is 0 Å². The monoisotopic (exact) mass is 239 g/mol. The summed E-state index contributed by atoms with van der Waals surface area (Å²) in [6, 6.07) is 9.43. The lowest BCUT2D eigenvalue weighted by Gasteiger charge is -2.04. The number of rotatable bonds is 1. The van der Waals surface area contributed by atoms with E-state index in [1.165, 1.54) is 0 Å². The molecular weight excluding hydrogens is 230 g/mol. The van der Waals surface area contributed by atoms with Crippen LogP contribution in [0.2, 0.25) is 0 Å². The Bertz CT molecular complexity index is 775. The van der Waals surface area contributed by atoms with Crippen LogP contribution >= 0.6 is 0 Å². The highest BCUT2D eigenvalue weighted by Crippen LogP contribution is 2.23. The second-order valence-corrected chi connectivity index (χ2v) is 3.74. The first-order valence-corrected chi connectivity index (χ1v) is 5.32. The third-order valence-corrected chi connectivity index (χ3v) is 2.56. The Kier molecular flexibility index (Phi) is 2.26. The fourth-order valence-corrected chi connectivity index (χ4v) is 1.82. The lowest BCUT2D eigenvalue weighted by atomic mass is 10.1. The van der Waals surface area contributed by atoms with Crippen molar-refractivity contribution in [2.75, 3.05) is 5.73 Å².